The third-order valence-electron chi connectivity index (χ3n) is 4.73. The molecule has 2 aromatic carbocycles. The number of anilines is 1. The second-order valence-electron chi connectivity index (χ2n) is 6.84. The Balaban J connectivity index is 1.77. The monoisotopic (exact) mass is 528 g/mol. The number of hydrogen-bond acceptors (Lipinski definition) is 6. The molecule has 0 atom stereocenters. The number of hydrogen-bond donors (Lipinski definition) is 1. The van der Waals surface area contributed by atoms with Gasteiger partial charge >= 0.3 is 0 Å². The van der Waals surface area contributed by atoms with E-state index in [1.807, 2.05) is 25.1 Å². The van der Waals surface area contributed by atoms with E-state index < -0.39 is 17.1 Å². The number of aryl methyl sites for hydroxylation is 1. The minimum absolute atomic E-state index is 0.0752. The fraction of sp³-hybridized carbons (Fsp3) is 0.208. The number of nitrogens with one attached hydrogen (secondary N) is 1. The van der Waals surface area contributed by atoms with Crippen molar-refractivity contribution in [1.82, 2.24) is 4.90 Å². The highest BCUT2D eigenvalue weighted by Crippen LogP contribution is 2.38. The quantitative estimate of drug-likeness (QED) is 0.394. The number of methoxy groups -OCH3 is 1. The van der Waals surface area contributed by atoms with Crippen LogP contribution in [0.1, 0.15) is 18.1 Å². The van der Waals surface area contributed by atoms with Crippen LogP contribution in [0.2, 0.25) is 0 Å². The summed E-state index contributed by atoms with van der Waals surface area (Å²) in [6, 6.07) is 10.7. The van der Waals surface area contributed by atoms with Crippen molar-refractivity contribution in [1.29, 1.82) is 0 Å². The van der Waals surface area contributed by atoms with Gasteiger partial charge in [-0.05, 0) is 53.6 Å². The Kier molecular flexibility index (Phi) is 8.20. The normalized spacial score (nSPS) is 14.4. The third kappa shape index (κ3) is 5.78. The Hall–Kier alpha value is -3.22. The molecule has 1 heterocycles. The van der Waals surface area contributed by atoms with Crippen LogP contribution in [0.3, 0.4) is 0 Å². The number of benzene rings is 2. The van der Waals surface area contributed by atoms with Gasteiger partial charge in [0.15, 0.2) is 11.5 Å². The van der Waals surface area contributed by atoms with E-state index >= 15 is 0 Å². The highest BCUT2D eigenvalue weighted by Gasteiger charge is 2.36. The number of carbonyl (C=O) groups is 3. The average molecular weight is 529 g/mol. The summed E-state index contributed by atoms with van der Waals surface area (Å²) >= 11 is 4.21. The van der Waals surface area contributed by atoms with Crippen molar-refractivity contribution in [2.45, 2.75) is 13.3 Å². The summed E-state index contributed by atoms with van der Waals surface area (Å²) in [5, 5.41) is 2.26. The summed E-state index contributed by atoms with van der Waals surface area (Å²) in [5.41, 5.74) is 2.23. The van der Waals surface area contributed by atoms with Crippen molar-refractivity contribution in [3.05, 3.63) is 56.9 Å². The zero-order valence-electron chi connectivity index (χ0n) is 18.0. The summed E-state index contributed by atoms with van der Waals surface area (Å²) in [5.74, 6) is 2.26. The highest BCUT2D eigenvalue weighted by molar-refractivity contribution is 9.10. The van der Waals surface area contributed by atoms with Crippen LogP contribution in [0.25, 0.3) is 6.08 Å². The van der Waals surface area contributed by atoms with E-state index in [4.69, 9.17) is 15.9 Å². The molecule has 1 aliphatic heterocycles. The average Bonchev–Trinajstić information content (AvgIpc) is 3.06. The maximum absolute atomic E-state index is 12.8. The van der Waals surface area contributed by atoms with Gasteiger partial charge < -0.3 is 14.8 Å². The maximum Gasteiger partial charge on any atom is 0.294 e. The predicted octanol–water partition coefficient (Wildman–Crippen LogP) is 4.71. The lowest BCUT2D eigenvalue weighted by atomic mass is 10.1. The minimum Gasteiger partial charge on any atom is -0.493 e. The van der Waals surface area contributed by atoms with Gasteiger partial charge in [-0.3, -0.25) is 19.3 Å². The summed E-state index contributed by atoms with van der Waals surface area (Å²) in [7, 11) is 1.49. The molecule has 1 aliphatic rings. The fourth-order valence-corrected chi connectivity index (χ4v) is 4.38. The van der Waals surface area contributed by atoms with Crippen LogP contribution in [0.4, 0.5) is 10.5 Å². The number of terminal acetylenes is 1. The molecule has 0 bridgehead atoms. The number of halogens is 1. The van der Waals surface area contributed by atoms with Gasteiger partial charge in [0.2, 0.25) is 5.91 Å². The molecule has 1 fully saturated rings. The molecule has 2 aromatic rings. The van der Waals surface area contributed by atoms with Gasteiger partial charge in [0.25, 0.3) is 11.1 Å². The SMILES string of the molecule is C#CCOc1cc(Br)c(/C=C2/SC(=O)N(CC(=O)Nc3ccccc3CC)C2=O)cc1OC. The Morgan fingerprint density at radius 2 is 2.03 bits per heavy atom. The Morgan fingerprint density at radius 3 is 2.73 bits per heavy atom. The molecule has 0 saturated carbocycles. The molecule has 1 N–H and O–H groups in total. The van der Waals surface area contributed by atoms with Gasteiger partial charge in [-0.2, -0.15) is 0 Å². The maximum atomic E-state index is 12.8. The standard InChI is InChI=1S/C24H21BrN2O5S/c1-4-10-32-20-13-17(25)16(11-19(20)31-3)12-21-23(29)27(24(30)33-21)14-22(28)26-18-9-7-6-8-15(18)5-2/h1,6-9,11-13H,5,10,14H2,2-3H3,(H,26,28)/b21-12+. The van der Waals surface area contributed by atoms with Crippen LogP contribution >= 0.6 is 27.7 Å². The highest BCUT2D eigenvalue weighted by atomic mass is 79.9. The first kappa shape index (κ1) is 24.4. The number of amides is 3. The Labute approximate surface area is 204 Å². The molecule has 0 aliphatic carbocycles. The summed E-state index contributed by atoms with van der Waals surface area (Å²) in [6.07, 6.45) is 7.54. The molecule has 33 heavy (non-hydrogen) atoms. The van der Waals surface area contributed by atoms with E-state index in [0.29, 0.717) is 27.2 Å². The molecule has 9 heteroatoms. The summed E-state index contributed by atoms with van der Waals surface area (Å²) in [4.78, 5) is 38.9. The van der Waals surface area contributed by atoms with Gasteiger partial charge in [-0.15, -0.1) is 6.42 Å². The number of thioether (sulfide) groups is 1. The van der Waals surface area contributed by atoms with Gasteiger partial charge in [-0.25, -0.2) is 0 Å². The largest absolute Gasteiger partial charge is 0.493 e. The second kappa shape index (κ2) is 11.1. The van der Waals surface area contributed by atoms with Crippen molar-refractivity contribution in [2.75, 3.05) is 25.6 Å². The van der Waals surface area contributed by atoms with Crippen LogP contribution in [-0.4, -0.2) is 42.2 Å². The molecule has 3 amide bonds. The number of imide groups is 1. The van der Waals surface area contributed by atoms with Crippen molar-refractivity contribution >= 4 is 56.5 Å². The van der Waals surface area contributed by atoms with E-state index in [1.165, 1.54) is 7.11 Å². The number of ether oxygens (including phenoxy) is 2. The molecule has 0 unspecified atom stereocenters. The molecule has 0 spiro atoms. The molecule has 0 aromatic heterocycles. The lowest BCUT2D eigenvalue weighted by molar-refractivity contribution is -0.127. The van der Waals surface area contributed by atoms with Gasteiger partial charge in [0.05, 0.1) is 12.0 Å². The van der Waals surface area contributed by atoms with Crippen LogP contribution in [0.5, 0.6) is 11.5 Å². The number of nitrogens with zero attached hydrogens (tertiary/aromatic N) is 1. The molecule has 0 radical (unpaired) electrons. The molecular weight excluding hydrogens is 508 g/mol. The lowest BCUT2D eigenvalue weighted by Gasteiger charge is -2.14. The van der Waals surface area contributed by atoms with E-state index in [1.54, 1.807) is 24.3 Å². The summed E-state index contributed by atoms with van der Waals surface area (Å²) in [6.45, 7) is 1.68. The van der Waals surface area contributed by atoms with E-state index in [2.05, 4.69) is 27.2 Å². The second-order valence-corrected chi connectivity index (χ2v) is 8.69. The first-order chi connectivity index (χ1) is 15.9. The predicted molar refractivity (Wildman–Crippen MR) is 132 cm³/mol. The van der Waals surface area contributed by atoms with Crippen LogP contribution in [0, 0.1) is 12.3 Å². The number of carbonyl (C=O) groups excluding carboxylic acids is 3. The van der Waals surface area contributed by atoms with Crippen molar-refractivity contribution in [2.24, 2.45) is 0 Å². The molecule has 3 rings (SSSR count). The summed E-state index contributed by atoms with van der Waals surface area (Å²) < 4.78 is 11.4. The molecule has 7 nitrogen and oxygen atoms in total. The molecule has 1 saturated heterocycles. The van der Waals surface area contributed by atoms with Crippen molar-refractivity contribution < 1.29 is 23.9 Å². The van der Waals surface area contributed by atoms with E-state index in [-0.39, 0.29) is 18.1 Å². The number of para-hydroxylation sites is 1. The van der Waals surface area contributed by atoms with E-state index in [0.717, 1.165) is 28.6 Å². The third-order valence-corrected chi connectivity index (χ3v) is 6.32. The smallest absolute Gasteiger partial charge is 0.294 e. The minimum atomic E-state index is -0.539. The molecule has 170 valence electrons. The van der Waals surface area contributed by atoms with Crippen LogP contribution in [0.15, 0.2) is 45.8 Å². The van der Waals surface area contributed by atoms with Crippen LogP contribution in [-0.2, 0) is 16.0 Å². The zero-order chi connectivity index (χ0) is 24.0. The van der Waals surface area contributed by atoms with Crippen molar-refractivity contribution in [3.63, 3.8) is 0 Å². The van der Waals surface area contributed by atoms with Crippen molar-refractivity contribution in [3.8, 4) is 23.8 Å². The van der Waals surface area contributed by atoms with Gasteiger partial charge in [0, 0.05) is 10.2 Å². The Bertz CT molecular complexity index is 1170. The zero-order valence-corrected chi connectivity index (χ0v) is 20.4. The van der Waals surface area contributed by atoms with E-state index in [9.17, 15) is 14.4 Å². The lowest BCUT2D eigenvalue weighted by Crippen LogP contribution is -2.36. The van der Waals surface area contributed by atoms with Crippen LogP contribution < -0.4 is 14.8 Å². The number of rotatable bonds is 8. The molecular formula is C24H21BrN2O5S. The first-order valence-corrected chi connectivity index (χ1v) is 11.6. The Morgan fingerprint density at radius 1 is 1.27 bits per heavy atom. The van der Waals surface area contributed by atoms with Gasteiger partial charge in [0.1, 0.15) is 13.2 Å². The fourth-order valence-electron chi connectivity index (χ4n) is 3.11. The first-order valence-electron chi connectivity index (χ1n) is 9.94. The topological polar surface area (TPSA) is 84.9 Å². The van der Waals surface area contributed by atoms with Gasteiger partial charge in [-0.1, -0.05) is 47.0 Å².